The summed E-state index contributed by atoms with van der Waals surface area (Å²) >= 11 is 6.03. The molecule has 0 amide bonds. The second-order valence-electron chi connectivity index (χ2n) is 4.51. The van der Waals surface area contributed by atoms with Crippen LogP contribution in [0.25, 0.3) is 0 Å². The van der Waals surface area contributed by atoms with Gasteiger partial charge in [0, 0.05) is 0 Å². The minimum absolute atomic E-state index is 0.0208. The second kappa shape index (κ2) is 6.02. The Morgan fingerprint density at radius 1 is 1.00 bits per heavy atom. The fourth-order valence-electron chi connectivity index (χ4n) is 1.93. The molecule has 0 aliphatic heterocycles. The van der Waals surface area contributed by atoms with Gasteiger partial charge in [0.25, 0.3) is 0 Å². The molecule has 0 radical (unpaired) electrons. The van der Waals surface area contributed by atoms with Gasteiger partial charge in [-0.3, -0.25) is 0 Å². The van der Waals surface area contributed by atoms with Crippen LogP contribution in [0.4, 0.5) is 22.0 Å². The number of alkyl halides is 4. The first-order valence-corrected chi connectivity index (χ1v) is 6.47. The monoisotopic (exact) mass is 320 g/mol. The van der Waals surface area contributed by atoms with Gasteiger partial charge in [-0.2, -0.15) is 13.2 Å². The third-order valence-electron chi connectivity index (χ3n) is 3.01. The van der Waals surface area contributed by atoms with Gasteiger partial charge in [0.2, 0.25) is 0 Å². The average Bonchev–Trinajstić information content (AvgIpc) is 2.43. The number of hydrogen-bond acceptors (Lipinski definition) is 0. The van der Waals surface area contributed by atoms with Crippen molar-refractivity contribution >= 4 is 11.6 Å². The Balaban J connectivity index is 2.25. The van der Waals surface area contributed by atoms with E-state index in [1.165, 1.54) is 24.3 Å². The number of benzene rings is 2. The standard InChI is InChI=1S/C15H10ClF5/c16-12(8-10-4-2-6-13(17)14(10)18)9-3-1-5-11(7-9)15(19,20)21/h1-7,12H,8H2. The summed E-state index contributed by atoms with van der Waals surface area (Å²) in [6, 6.07) is 8.13. The van der Waals surface area contributed by atoms with E-state index in [1.54, 1.807) is 0 Å². The second-order valence-corrected chi connectivity index (χ2v) is 5.03. The summed E-state index contributed by atoms with van der Waals surface area (Å²) < 4.78 is 64.5. The molecule has 2 rings (SSSR count). The highest BCUT2D eigenvalue weighted by molar-refractivity contribution is 6.20. The Hall–Kier alpha value is -1.62. The summed E-state index contributed by atoms with van der Waals surface area (Å²) in [4.78, 5) is 0. The van der Waals surface area contributed by atoms with Crippen molar-refractivity contribution in [3.05, 3.63) is 70.8 Å². The first-order valence-electron chi connectivity index (χ1n) is 6.03. The van der Waals surface area contributed by atoms with Crippen LogP contribution >= 0.6 is 11.6 Å². The maximum absolute atomic E-state index is 13.5. The van der Waals surface area contributed by atoms with Crippen LogP contribution in [-0.4, -0.2) is 0 Å². The van der Waals surface area contributed by atoms with Gasteiger partial charge in [0.05, 0.1) is 10.9 Å². The number of hydrogen-bond donors (Lipinski definition) is 0. The van der Waals surface area contributed by atoms with E-state index in [0.717, 1.165) is 18.2 Å². The van der Waals surface area contributed by atoms with Gasteiger partial charge in [-0.15, -0.1) is 11.6 Å². The largest absolute Gasteiger partial charge is 0.416 e. The van der Waals surface area contributed by atoms with E-state index in [-0.39, 0.29) is 17.5 Å². The smallest absolute Gasteiger partial charge is 0.204 e. The van der Waals surface area contributed by atoms with Crippen molar-refractivity contribution in [3.63, 3.8) is 0 Å². The highest BCUT2D eigenvalue weighted by atomic mass is 35.5. The summed E-state index contributed by atoms with van der Waals surface area (Å²) in [6.07, 6.45) is -4.58. The SMILES string of the molecule is Fc1cccc(CC(Cl)c2cccc(C(F)(F)F)c2)c1F. The maximum Gasteiger partial charge on any atom is 0.416 e. The predicted octanol–water partition coefficient (Wildman–Crippen LogP) is 5.51. The molecule has 0 saturated heterocycles. The highest BCUT2D eigenvalue weighted by Crippen LogP contribution is 2.33. The number of rotatable bonds is 3. The van der Waals surface area contributed by atoms with Crippen LogP contribution in [0.1, 0.15) is 22.1 Å². The summed E-state index contributed by atoms with van der Waals surface area (Å²) in [6.45, 7) is 0. The van der Waals surface area contributed by atoms with E-state index in [9.17, 15) is 22.0 Å². The van der Waals surface area contributed by atoms with Gasteiger partial charge < -0.3 is 0 Å². The Kier molecular flexibility index (Phi) is 4.52. The van der Waals surface area contributed by atoms with Crippen LogP contribution in [0, 0.1) is 11.6 Å². The summed E-state index contributed by atoms with van der Waals surface area (Å²) in [5.41, 5.74) is -0.604. The first kappa shape index (κ1) is 15.8. The van der Waals surface area contributed by atoms with E-state index in [2.05, 4.69) is 0 Å². The molecule has 0 bridgehead atoms. The molecule has 0 fully saturated rings. The topological polar surface area (TPSA) is 0 Å². The van der Waals surface area contributed by atoms with Crippen LogP contribution in [-0.2, 0) is 12.6 Å². The van der Waals surface area contributed by atoms with Gasteiger partial charge in [0.15, 0.2) is 11.6 Å². The molecule has 0 aliphatic rings. The molecule has 0 N–H and O–H groups in total. The van der Waals surface area contributed by atoms with Crippen LogP contribution < -0.4 is 0 Å². The molecule has 0 saturated carbocycles. The molecular formula is C15H10ClF5. The number of halogens is 6. The lowest BCUT2D eigenvalue weighted by atomic mass is 10.0. The quantitative estimate of drug-likeness (QED) is 0.517. The molecule has 112 valence electrons. The Bertz CT molecular complexity index is 636. The molecule has 0 aliphatic carbocycles. The fraction of sp³-hybridized carbons (Fsp3) is 0.200. The zero-order valence-corrected chi connectivity index (χ0v) is 11.3. The molecule has 1 unspecified atom stereocenters. The Morgan fingerprint density at radius 2 is 1.67 bits per heavy atom. The third kappa shape index (κ3) is 3.73. The highest BCUT2D eigenvalue weighted by Gasteiger charge is 2.30. The summed E-state index contributed by atoms with van der Waals surface area (Å²) in [7, 11) is 0. The first-order chi connectivity index (χ1) is 9.79. The molecule has 0 nitrogen and oxygen atoms in total. The maximum atomic E-state index is 13.5. The van der Waals surface area contributed by atoms with Gasteiger partial charge in [-0.25, -0.2) is 8.78 Å². The Labute approximate surface area is 123 Å². The zero-order valence-electron chi connectivity index (χ0n) is 10.6. The van der Waals surface area contributed by atoms with E-state index < -0.39 is 28.8 Å². The van der Waals surface area contributed by atoms with E-state index in [0.29, 0.717) is 0 Å². The molecule has 0 heterocycles. The molecule has 2 aromatic carbocycles. The van der Waals surface area contributed by atoms with Crippen molar-refractivity contribution in [2.24, 2.45) is 0 Å². The van der Waals surface area contributed by atoms with E-state index >= 15 is 0 Å². The van der Waals surface area contributed by atoms with Crippen LogP contribution in [0.3, 0.4) is 0 Å². The summed E-state index contributed by atoms with van der Waals surface area (Å²) in [5, 5.41) is -0.886. The minimum Gasteiger partial charge on any atom is -0.204 e. The van der Waals surface area contributed by atoms with E-state index in [1.807, 2.05) is 0 Å². The van der Waals surface area contributed by atoms with Crippen LogP contribution in [0.2, 0.25) is 0 Å². The van der Waals surface area contributed by atoms with Crippen LogP contribution in [0.5, 0.6) is 0 Å². The molecule has 1 atom stereocenters. The van der Waals surface area contributed by atoms with Gasteiger partial charge >= 0.3 is 6.18 Å². The third-order valence-corrected chi connectivity index (χ3v) is 3.41. The summed E-state index contributed by atoms with van der Waals surface area (Å²) in [5.74, 6) is -2.05. The molecule has 2 aromatic rings. The zero-order chi connectivity index (χ0) is 15.6. The van der Waals surface area contributed by atoms with E-state index in [4.69, 9.17) is 11.6 Å². The van der Waals surface area contributed by atoms with Crippen molar-refractivity contribution in [2.75, 3.05) is 0 Å². The minimum atomic E-state index is -4.48. The van der Waals surface area contributed by atoms with Crippen molar-refractivity contribution in [2.45, 2.75) is 18.0 Å². The van der Waals surface area contributed by atoms with Crippen molar-refractivity contribution < 1.29 is 22.0 Å². The lowest BCUT2D eigenvalue weighted by Gasteiger charge is -2.13. The molecule has 6 heteroatoms. The van der Waals surface area contributed by atoms with Crippen molar-refractivity contribution in [1.29, 1.82) is 0 Å². The van der Waals surface area contributed by atoms with Crippen molar-refractivity contribution in [3.8, 4) is 0 Å². The molecular weight excluding hydrogens is 311 g/mol. The molecule has 21 heavy (non-hydrogen) atoms. The predicted molar refractivity (Wildman–Crippen MR) is 70.1 cm³/mol. The van der Waals surface area contributed by atoms with Gasteiger partial charge in [-0.1, -0.05) is 30.3 Å². The average molecular weight is 321 g/mol. The van der Waals surface area contributed by atoms with Gasteiger partial charge in [0.1, 0.15) is 0 Å². The van der Waals surface area contributed by atoms with Crippen LogP contribution in [0.15, 0.2) is 42.5 Å². The fourth-order valence-corrected chi connectivity index (χ4v) is 2.23. The Morgan fingerprint density at radius 3 is 2.33 bits per heavy atom. The normalized spacial score (nSPS) is 13.2. The van der Waals surface area contributed by atoms with Crippen molar-refractivity contribution in [1.82, 2.24) is 0 Å². The molecule has 0 spiro atoms. The lowest BCUT2D eigenvalue weighted by molar-refractivity contribution is -0.137. The molecule has 0 aromatic heterocycles. The van der Waals surface area contributed by atoms with Gasteiger partial charge in [-0.05, 0) is 29.7 Å². The lowest BCUT2D eigenvalue weighted by Crippen LogP contribution is -2.06.